The average Bonchev–Trinajstić information content (AvgIpc) is 3.19. The highest BCUT2D eigenvalue weighted by molar-refractivity contribution is 7.94. The standard InChI is InChI=1S/C16H15ClN2O2S3/c1-3-12-9-22-16(18-12)14-6-7-15(23-14)24(20,21)19-13-8-11(17)5-4-10(13)2/h4-9,19H,3H2,1-2H3. The molecular weight excluding hydrogens is 384 g/mol. The van der Waals surface area contributed by atoms with E-state index >= 15 is 0 Å². The number of sulfonamides is 1. The summed E-state index contributed by atoms with van der Waals surface area (Å²) in [4.78, 5) is 5.35. The van der Waals surface area contributed by atoms with Gasteiger partial charge in [-0.1, -0.05) is 24.6 Å². The number of benzene rings is 1. The van der Waals surface area contributed by atoms with Gasteiger partial charge in [0.05, 0.1) is 16.3 Å². The Morgan fingerprint density at radius 3 is 2.75 bits per heavy atom. The summed E-state index contributed by atoms with van der Waals surface area (Å²) >= 11 is 8.69. The van der Waals surface area contributed by atoms with E-state index in [1.165, 1.54) is 22.7 Å². The normalized spacial score (nSPS) is 11.6. The number of thiophene rings is 1. The van der Waals surface area contributed by atoms with Crippen molar-refractivity contribution in [2.45, 2.75) is 24.5 Å². The molecule has 4 nitrogen and oxygen atoms in total. The molecule has 24 heavy (non-hydrogen) atoms. The van der Waals surface area contributed by atoms with Crippen LogP contribution >= 0.6 is 34.3 Å². The van der Waals surface area contributed by atoms with Crippen molar-refractivity contribution in [1.82, 2.24) is 4.98 Å². The minimum atomic E-state index is -3.65. The van der Waals surface area contributed by atoms with Gasteiger partial charge in [0.15, 0.2) is 0 Å². The fraction of sp³-hybridized carbons (Fsp3) is 0.188. The lowest BCUT2D eigenvalue weighted by molar-refractivity contribution is 0.603. The van der Waals surface area contributed by atoms with Gasteiger partial charge in [-0.2, -0.15) is 0 Å². The summed E-state index contributed by atoms with van der Waals surface area (Å²) < 4.78 is 28.1. The van der Waals surface area contributed by atoms with Crippen LogP contribution in [-0.4, -0.2) is 13.4 Å². The molecule has 1 aromatic carbocycles. The molecule has 0 saturated heterocycles. The summed E-state index contributed by atoms with van der Waals surface area (Å²) in [7, 11) is -3.65. The predicted molar refractivity (Wildman–Crippen MR) is 102 cm³/mol. The maximum absolute atomic E-state index is 12.6. The SMILES string of the molecule is CCc1csc(-c2ccc(S(=O)(=O)Nc3cc(Cl)ccc3C)s2)n1. The number of hydrogen-bond donors (Lipinski definition) is 1. The molecule has 126 valence electrons. The first-order valence-electron chi connectivity index (χ1n) is 7.22. The van der Waals surface area contributed by atoms with E-state index in [-0.39, 0.29) is 4.21 Å². The minimum Gasteiger partial charge on any atom is -0.279 e. The van der Waals surface area contributed by atoms with Crippen molar-refractivity contribution >= 4 is 50.0 Å². The number of thiazole rings is 1. The van der Waals surface area contributed by atoms with Gasteiger partial charge in [-0.05, 0) is 43.2 Å². The monoisotopic (exact) mass is 398 g/mol. The van der Waals surface area contributed by atoms with E-state index in [4.69, 9.17) is 11.6 Å². The van der Waals surface area contributed by atoms with Crippen LogP contribution in [0.4, 0.5) is 5.69 Å². The van der Waals surface area contributed by atoms with Gasteiger partial charge in [0.25, 0.3) is 10.0 Å². The summed E-state index contributed by atoms with van der Waals surface area (Å²) in [5.41, 5.74) is 2.31. The molecule has 0 spiro atoms. The number of aromatic nitrogens is 1. The molecule has 0 saturated carbocycles. The molecule has 8 heteroatoms. The lowest BCUT2D eigenvalue weighted by atomic mass is 10.2. The Balaban J connectivity index is 1.89. The van der Waals surface area contributed by atoms with Crippen molar-refractivity contribution < 1.29 is 8.42 Å². The Hall–Kier alpha value is -1.41. The van der Waals surface area contributed by atoms with E-state index < -0.39 is 10.0 Å². The Labute approximate surface area is 154 Å². The summed E-state index contributed by atoms with van der Waals surface area (Å²) in [6.45, 7) is 3.87. The first-order chi connectivity index (χ1) is 11.4. The number of halogens is 1. The summed E-state index contributed by atoms with van der Waals surface area (Å²) in [5, 5.41) is 3.33. The third-order valence-electron chi connectivity index (χ3n) is 3.41. The van der Waals surface area contributed by atoms with Gasteiger partial charge in [-0.25, -0.2) is 13.4 Å². The minimum absolute atomic E-state index is 0.255. The van der Waals surface area contributed by atoms with Gasteiger partial charge in [0.2, 0.25) is 0 Å². The number of hydrogen-bond acceptors (Lipinski definition) is 5. The Bertz CT molecular complexity index is 977. The third-order valence-corrected chi connectivity index (χ3v) is 7.65. The number of anilines is 1. The van der Waals surface area contributed by atoms with Crippen molar-refractivity contribution in [3.05, 3.63) is 52.0 Å². The molecule has 0 fully saturated rings. The molecule has 0 aliphatic carbocycles. The van der Waals surface area contributed by atoms with E-state index in [9.17, 15) is 8.42 Å². The molecule has 0 aliphatic heterocycles. The zero-order valence-electron chi connectivity index (χ0n) is 13.0. The highest BCUT2D eigenvalue weighted by atomic mass is 35.5. The van der Waals surface area contributed by atoms with Crippen LogP contribution in [0.2, 0.25) is 5.02 Å². The quantitative estimate of drug-likeness (QED) is 0.642. The second-order valence-corrected chi connectivity index (χ2v) is 9.47. The highest BCUT2D eigenvalue weighted by Crippen LogP contribution is 2.34. The number of nitrogens with zero attached hydrogens (tertiary/aromatic N) is 1. The van der Waals surface area contributed by atoms with Crippen LogP contribution in [0.25, 0.3) is 9.88 Å². The van der Waals surface area contributed by atoms with Crippen molar-refractivity contribution in [2.75, 3.05) is 4.72 Å². The Morgan fingerprint density at radius 1 is 1.25 bits per heavy atom. The Kier molecular flexibility index (Phi) is 4.96. The van der Waals surface area contributed by atoms with E-state index in [0.717, 1.165) is 27.6 Å². The second kappa shape index (κ2) is 6.84. The summed E-state index contributed by atoms with van der Waals surface area (Å²) in [6, 6.07) is 8.52. The van der Waals surface area contributed by atoms with Crippen molar-refractivity contribution in [1.29, 1.82) is 0 Å². The van der Waals surface area contributed by atoms with Gasteiger partial charge in [-0.3, -0.25) is 4.72 Å². The van der Waals surface area contributed by atoms with Crippen LogP contribution in [0.5, 0.6) is 0 Å². The van der Waals surface area contributed by atoms with Crippen molar-refractivity contribution in [2.24, 2.45) is 0 Å². The molecular formula is C16H15ClN2O2S3. The van der Waals surface area contributed by atoms with Crippen LogP contribution in [0.15, 0.2) is 39.9 Å². The Morgan fingerprint density at radius 2 is 2.04 bits per heavy atom. The molecule has 0 bridgehead atoms. The van der Waals surface area contributed by atoms with Crippen LogP contribution in [-0.2, 0) is 16.4 Å². The molecule has 0 aliphatic rings. The van der Waals surface area contributed by atoms with Gasteiger partial charge in [-0.15, -0.1) is 22.7 Å². The lowest BCUT2D eigenvalue weighted by Gasteiger charge is -2.09. The molecule has 0 radical (unpaired) electrons. The van der Waals surface area contributed by atoms with Crippen molar-refractivity contribution in [3.63, 3.8) is 0 Å². The van der Waals surface area contributed by atoms with Crippen molar-refractivity contribution in [3.8, 4) is 9.88 Å². The molecule has 1 N–H and O–H groups in total. The molecule has 0 unspecified atom stereocenters. The molecule has 3 aromatic rings. The summed E-state index contributed by atoms with van der Waals surface area (Å²) in [6.07, 6.45) is 0.864. The largest absolute Gasteiger partial charge is 0.279 e. The zero-order chi connectivity index (χ0) is 17.3. The first kappa shape index (κ1) is 17.4. The van der Waals surface area contributed by atoms with E-state index in [0.29, 0.717) is 10.7 Å². The maximum atomic E-state index is 12.6. The van der Waals surface area contributed by atoms with Gasteiger partial charge in [0.1, 0.15) is 9.22 Å². The molecule has 0 amide bonds. The van der Waals surface area contributed by atoms with Gasteiger partial charge in [0, 0.05) is 10.4 Å². The topological polar surface area (TPSA) is 59.1 Å². The van der Waals surface area contributed by atoms with Gasteiger partial charge >= 0.3 is 0 Å². The van der Waals surface area contributed by atoms with E-state index in [2.05, 4.69) is 9.71 Å². The van der Waals surface area contributed by atoms with E-state index in [1.54, 1.807) is 30.3 Å². The number of aryl methyl sites for hydroxylation is 2. The highest BCUT2D eigenvalue weighted by Gasteiger charge is 2.19. The smallest absolute Gasteiger partial charge is 0.271 e. The van der Waals surface area contributed by atoms with Crippen LogP contribution in [0.3, 0.4) is 0 Å². The van der Waals surface area contributed by atoms with Crippen LogP contribution < -0.4 is 4.72 Å². The first-order valence-corrected chi connectivity index (χ1v) is 10.8. The fourth-order valence-corrected chi connectivity index (χ4v) is 5.64. The number of rotatable bonds is 5. The van der Waals surface area contributed by atoms with Crippen LogP contribution in [0.1, 0.15) is 18.2 Å². The summed E-state index contributed by atoms with van der Waals surface area (Å²) in [5.74, 6) is 0. The average molecular weight is 399 g/mol. The predicted octanol–water partition coefficient (Wildman–Crippen LogP) is 5.20. The lowest BCUT2D eigenvalue weighted by Crippen LogP contribution is -2.12. The van der Waals surface area contributed by atoms with Gasteiger partial charge < -0.3 is 0 Å². The van der Waals surface area contributed by atoms with E-state index in [1.807, 2.05) is 19.2 Å². The second-order valence-electron chi connectivity index (χ2n) is 5.18. The third kappa shape index (κ3) is 3.64. The fourth-order valence-electron chi connectivity index (χ4n) is 2.06. The zero-order valence-corrected chi connectivity index (χ0v) is 16.2. The number of nitrogens with one attached hydrogen (secondary N) is 1. The molecule has 3 rings (SSSR count). The molecule has 2 aromatic heterocycles. The maximum Gasteiger partial charge on any atom is 0.271 e. The molecule has 0 atom stereocenters. The molecule has 2 heterocycles. The van der Waals surface area contributed by atoms with Crippen LogP contribution in [0, 0.1) is 6.92 Å².